The van der Waals surface area contributed by atoms with E-state index in [1.54, 1.807) is 18.2 Å². The van der Waals surface area contributed by atoms with E-state index in [1.165, 1.54) is 6.07 Å². The molecule has 132 valence electrons. The number of carbonyl (C=O) groups is 4. The van der Waals surface area contributed by atoms with Gasteiger partial charge in [-0.15, -0.1) is 0 Å². The summed E-state index contributed by atoms with van der Waals surface area (Å²) < 4.78 is 0. The number of hydrogen-bond donors (Lipinski definition) is 2. The maximum atomic E-state index is 13.0. The molecule has 7 nitrogen and oxygen atoms in total. The molecule has 1 aromatic rings. The van der Waals surface area contributed by atoms with Crippen LogP contribution in [0, 0.1) is 35.0 Å². The normalized spacial score (nSPS) is 36.0. The number of Topliss-reactive ketones (excluding diaryl/α,β-unsaturated/α-hetero) is 4. The molecule has 0 aromatic heterocycles. The zero-order valence-corrected chi connectivity index (χ0v) is 13.6. The number of benzene rings is 1. The summed E-state index contributed by atoms with van der Waals surface area (Å²) in [7, 11) is 0. The predicted octanol–water partition coefficient (Wildman–Crippen LogP) is 0.365. The van der Waals surface area contributed by atoms with E-state index in [1.807, 2.05) is 0 Å². The second-order valence-electron chi connectivity index (χ2n) is 7.28. The van der Waals surface area contributed by atoms with Crippen LogP contribution in [0.5, 0.6) is 5.75 Å². The zero-order chi connectivity index (χ0) is 18.8. The van der Waals surface area contributed by atoms with Crippen LogP contribution in [-0.4, -0.2) is 38.9 Å². The first-order valence-electron chi connectivity index (χ1n) is 8.39. The average Bonchev–Trinajstić information content (AvgIpc) is 2.58. The van der Waals surface area contributed by atoms with E-state index in [0.29, 0.717) is 12.0 Å². The highest BCUT2D eigenvalue weighted by Crippen LogP contribution is 2.49. The van der Waals surface area contributed by atoms with Gasteiger partial charge in [0.1, 0.15) is 5.75 Å². The molecule has 3 aliphatic carbocycles. The van der Waals surface area contributed by atoms with Crippen LogP contribution in [-0.2, 0) is 20.8 Å². The molecule has 2 unspecified atom stereocenters. The lowest BCUT2D eigenvalue weighted by molar-refractivity contribution is -0.173. The van der Waals surface area contributed by atoms with Crippen molar-refractivity contribution in [2.24, 2.45) is 23.7 Å². The number of fused-ring (bicyclic) bond motifs is 3. The van der Waals surface area contributed by atoms with Gasteiger partial charge >= 0.3 is 0 Å². The lowest BCUT2D eigenvalue weighted by atomic mass is 9.54. The standard InChI is InChI=1S/C19H15NO6/c20-7-11-13(22)6-10-5-9-4-8-2-1-3-12(21)14(8)16(23)15(9)18(25)19(10,26)17(11)24/h1-3,9-11,15,21,26H,4-6H2/t9-,10-,11?,15?,19+/m0/s1. The Balaban J connectivity index is 1.82. The maximum absolute atomic E-state index is 13.0. The number of nitrogens with zero attached hydrogens (tertiary/aromatic N) is 1. The number of ketones is 4. The molecule has 5 atom stereocenters. The van der Waals surface area contributed by atoms with Crippen molar-refractivity contribution in [3.63, 3.8) is 0 Å². The first-order valence-corrected chi connectivity index (χ1v) is 8.39. The van der Waals surface area contributed by atoms with Gasteiger partial charge in [0, 0.05) is 12.3 Å². The fraction of sp³-hybridized carbons (Fsp3) is 0.421. The summed E-state index contributed by atoms with van der Waals surface area (Å²) in [5, 5.41) is 30.0. The van der Waals surface area contributed by atoms with E-state index >= 15 is 0 Å². The van der Waals surface area contributed by atoms with Crippen LogP contribution in [0.4, 0.5) is 0 Å². The summed E-state index contributed by atoms with van der Waals surface area (Å²) in [5.74, 6) is -7.85. The first-order chi connectivity index (χ1) is 12.3. The number of nitriles is 1. The molecular weight excluding hydrogens is 338 g/mol. The maximum Gasteiger partial charge on any atom is 0.196 e. The van der Waals surface area contributed by atoms with Crippen molar-refractivity contribution in [1.82, 2.24) is 0 Å². The topological polar surface area (TPSA) is 133 Å². The molecule has 0 aliphatic heterocycles. The van der Waals surface area contributed by atoms with Crippen LogP contribution in [0.25, 0.3) is 0 Å². The molecule has 0 radical (unpaired) electrons. The van der Waals surface area contributed by atoms with Crippen LogP contribution in [0.15, 0.2) is 18.2 Å². The van der Waals surface area contributed by atoms with Crippen molar-refractivity contribution in [1.29, 1.82) is 5.26 Å². The molecule has 0 bridgehead atoms. The Bertz CT molecular complexity index is 928. The van der Waals surface area contributed by atoms with Crippen molar-refractivity contribution < 1.29 is 29.4 Å². The van der Waals surface area contributed by atoms with Crippen molar-refractivity contribution in [3.05, 3.63) is 29.3 Å². The van der Waals surface area contributed by atoms with Gasteiger partial charge in [0.05, 0.1) is 17.6 Å². The number of carbonyl (C=O) groups excluding carboxylic acids is 4. The largest absolute Gasteiger partial charge is 0.507 e. The first kappa shape index (κ1) is 16.6. The molecule has 2 N–H and O–H groups in total. The Hall–Kier alpha value is -2.85. The fourth-order valence-corrected chi connectivity index (χ4v) is 4.75. The smallest absolute Gasteiger partial charge is 0.196 e. The highest BCUT2D eigenvalue weighted by molar-refractivity contribution is 6.27. The summed E-state index contributed by atoms with van der Waals surface area (Å²) in [6, 6.07) is 6.20. The van der Waals surface area contributed by atoms with Crippen LogP contribution >= 0.6 is 0 Å². The quantitative estimate of drug-likeness (QED) is 0.644. The van der Waals surface area contributed by atoms with E-state index < -0.39 is 52.4 Å². The lowest BCUT2D eigenvalue weighted by Crippen LogP contribution is -2.66. The molecule has 2 fully saturated rings. The van der Waals surface area contributed by atoms with Gasteiger partial charge in [-0.3, -0.25) is 19.2 Å². The van der Waals surface area contributed by atoms with Crippen LogP contribution in [0.3, 0.4) is 0 Å². The van der Waals surface area contributed by atoms with E-state index in [2.05, 4.69) is 0 Å². The second-order valence-corrected chi connectivity index (χ2v) is 7.28. The van der Waals surface area contributed by atoms with Crippen LogP contribution in [0.1, 0.15) is 28.8 Å². The molecule has 2 saturated carbocycles. The van der Waals surface area contributed by atoms with Crippen LogP contribution in [0.2, 0.25) is 0 Å². The third-order valence-corrected chi connectivity index (χ3v) is 5.98. The van der Waals surface area contributed by atoms with Gasteiger partial charge in [0.15, 0.2) is 34.7 Å². The zero-order valence-electron chi connectivity index (χ0n) is 13.6. The SMILES string of the molecule is N#CC1C(=O)C[C@@H]2C[C@@H]3Cc4cccc(O)c4C(=O)C3C(=O)[C@]2(O)C1=O. The van der Waals surface area contributed by atoms with Gasteiger partial charge in [0.25, 0.3) is 0 Å². The minimum Gasteiger partial charge on any atom is -0.507 e. The molecule has 0 heterocycles. The number of phenols is 1. The molecule has 26 heavy (non-hydrogen) atoms. The lowest BCUT2D eigenvalue weighted by Gasteiger charge is -2.48. The molecule has 1 aromatic carbocycles. The molecular formula is C19H15NO6. The van der Waals surface area contributed by atoms with E-state index in [-0.39, 0.29) is 24.2 Å². The third kappa shape index (κ3) is 1.90. The monoisotopic (exact) mass is 353 g/mol. The minimum atomic E-state index is -2.49. The summed E-state index contributed by atoms with van der Waals surface area (Å²) >= 11 is 0. The van der Waals surface area contributed by atoms with Gasteiger partial charge in [-0.2, -0.15) is 5.26 Å². The fourth-order valence-electron chi connectivity index (χ4n) is 4.75. The number of aromatic hydroxyl groups is 1. The molecule has 0 amide bonds. The molecule has 0 spiro atoms. The average molecular weight is 353 g/mol. The Labute approximate surface area is 148 Å². The summed E-state index contributed by atoms with van der Waals surface area (Å²) in [4.78, 5) is 50.5. The number of rotatable bonds is 0. The van der Waals surface area contributed by atoms with Crippen molar-refractivity contribution in [2.45, 2.75) is 24.9 Å². The van der Waals surface area contributed by atoms with Gasteiger partial charge < -0.3 is 10.2 Å². The van der Waals surface area contributed by atoms with E-state index in [4.69, 9.17) is 5.26 Å². The second kappa shape index (κ2) is 5.32. The molecule has 3 aliphatic rings. The molecule has 0 saturated heterocycles. The number of aliphatic hydroxyl groups is 1. The summed E-state index contributed by atoms with van der Waals surface area (Å²) in [5.41, 5.74) is -1.84. The number of phenolic OH excluding ortho intramolecular Hbond substituents is 1. The Morgan fingerprint density at radius 2 is 1.85 bits per heavy atom. The van der Waals surface area contributed by atoms with Gasteiger partial charge in [-0.25, -0.2) is 0 Å². The Kier molecular flexibility index (Phi) is 3.40. The minimum absolute atomic E-state index is 0.0420. The summed E-state index contributed by atoms with van der Waals surface area (Å²) in [6.07, 6.45) is 0.252. The summed E-state index contributed by atoms with van der Waals surface area (Å²) in [6.45, 7) is 0. The van der Waals surface area contributed by atoms with Gasteiger partial charge in [0.2, 0.25) is 0 Å². The van der Waals surface area contributed by atoms with E-state index in [9.17, 15) is 29.4 Å². The predicted molar refractivity (Wildman–Crippen MR) is 84.9 cm³/mol. The Morgan fingerprint density at radius 1 is 1.12 bits per heavy atom. The van der Waals surface area contributed by atoms with E-state index in [0.717, 1.165) is 0 Å². The van der Waals surface area contributed by atoms with Crippen LogP contribution < -0.4 is 0 Å². The highest BCUT2D eigenvalue weighted by atomic mass is 16.3. The highest BCUT2D eigenvalue weighted by Gasteiger charge is 2.65. The van der Waals surface area contributed by atoms with Gasteiger partial charge in [-0.1, -0.05) is 12.1 Å². The Morgan fingerprint density at radius 3 is 2.54 bits per heavy atom. The van der Waals surface area contributed by atoms with Gasteiger partial charge in [-0.05, 0) is 30.4 Å². The molecule has 7 heteroatoms. The molecule has 4 rings (SSSR count). The third-order valence-electron chi connectivity index (χ3n) is 5.98. The van der Waals surface area contributed by atoms with Crippen molar-refractivity contribution in [3.8, 4) is 11.8 Å². The number of hydrogen-bond acceptors (Lipinski definition) is 7. The van der Waals surface area contributed by atoms with Crippen molar-refractivity contribution in [2.75, 3.05) is 0 Å². The van der Waals surface area contributed by atoms with Crippen molar-refractivity contribution >= 4 is 23.1 Å².